The molecule has 0 saturated heterocycles. The lowest BCUT2D eigenvalue weighted by Gasteiger charge is -2.28. The Morgan fingerprint density at radius 3 is 2.79 bits per heavy atom. The van der Waals surface area contributed by atoms with Gasteiger partial charge in [-0.3, -0.25) is 4.79 Å². The lowest BCUT2D eigenvalue weighted by Crippen LogP contribution is -2.45. The van der Waals surface area contributed by atoms with Gasteiger partial charge >= 0.3 is 0 Å². The Kier molecular flexibility index (Phi) is 4.14. The van der Waals surface area contributed by atoms with Crippen LogP contribution in [0.1, 0.15) is 56.1 Å². The highest BCUT2D eigenvalue weighted by Crippen LogP contribution is 2.20. The van der Waals surface area contributed by atoms with Crippen molar-refractivity contribution in [2.45, 2.75) is 57.7 Å². The van der Waals surface area contributed by atoms with E-state index in [1.54, 1.807) is 12.3 Å². The normalized spacial score (nSPS) is 23.6. The molecule has 1 heterocycles. The highest BCUT2D eigenvalue weighted by molar-refractivity contribution is 5.94. The second-order valence-corrected chi connectivity index (χ2v) is 5.59. The fraction of sp³-hybridized carbons (Fsp3) is 0.643. The topological polar surface area (TPSA) is 80.3 Å². The average molecular weight is 265 g/mol. The maximum absolute atomic E-state index is 12.3. The van der Waals surface area contributed by atoms with E-state index in [1.807, 2.05) is 18.4 Å². The Labute approximate surface area is 113 Å². The van der Waals surface area contributed by atoms with Crippen LogP contribution in [-0.2, 0) is 0 Å². The molecule has 4 N–H and O–H groups in total. The van der Waals surface area contributed by atoms with Gasteiger partial charge in [0.05, 0.1) is 17.8 Å². The molecule has 0 radical (unpaired) electrons. The fourth-order valence-electron chi connectivity index (χ4n) is 2.63. The van der Waals surface area contributed by atoms with Crippen LogP contribution >= 0.6 is 0 Å². The zero-order chi connectivity index (χ0) is 14.0. The van der Waals surface area contributed by atoms with E-state index in [0.29, 0.717) is 11.4 Å². The molecule has 0 aromatic carbocycles. The first-order valence-electron chi connectivity index (χ1n) is 6.95. The molecule has 0 spiro atoms. The number of anilines is 1. The predicted molar refractivity (Wildman–Crippen MR) is 75.0 cm³/mol. The van der Waals surface area contributed by atoms with Crippen molar-refractivity contribution in [2.24, 2.45) is 0 Å². The van der Waals surface area contributed by atoms with E-state index in [0.717, 1.165) is 25.7 Å². The van der Waals surface area contributed by atoms with Gasteiger partial charge in [0.2, 0.25) is 0 Å². The molecule has 0 bridgehead atoms. The van der Waals surface area contributed by atoms with E-state index in [-0.39, 0.29) is 18.0 Å². The van der Waals surface area contributed by atoms with Crippen molar-refractivity contribution < 1.29 is 9.90 Å². The third-order valence-electron chi connectivity index (χ3n) is 3.70. The van der Waals surface area contributed by atoms with Crippen molar-refractivity contribution in [3.8, 4) is 0 Å². The Balaban J connectivity index is 2.11. The minimum absolute atomic E-state index is 0.141. The Hall–Kier alpha value is -1.49. The maximum atomic E-state index is 12.3. The van der Waals surface area contributed by atoms with Gasteiger partial charge in [-0.15, -0.1) is 0 Å². The lowest BCUT2D eigenvalue weighted by molar-refractivity contribution is 0.0710. The summed E-state index contributed by atoms with van der Waals surface area (Å²) in [5, 5.41) is 12.8. The summed E-state index contributed by atoms with van der Waals surface area (Å²) in [6.07, 6.45) is 5.02. The first kappa shape index (κ1) is 13.9. The quantitative estimate of drug-likeness (QED) is 0.778. The van der Waals surface area contributed by atoms with Crippen molar-refractivity contribution in [1.29, 1.82) is 0 Å². The molecule has 5 nitrogen and oxygen atoms in total. The van der Waals surface area contributed by atoms with Crippen molar-refractivity contribution in [3.05, 3.63) is 18.0 Å². The molecule has 1 fully saturated rings. The van der Waals surface area contributed by atoms with Gasteiger partial charge in [0.25, 0.3) is 5.91 Å². The van der Waals surface area contributed by atoms with Crippen molar-refractivity contribution in [3.63, 3.8) is 0 Å². The third-order valence-corrected chi connectivity index (χ3v) is 3.70. The molecule has 1 amide bonds. The van der Waals surface area contributed by atoms with Crippen LogP contribution in [0, 0.1) is 0 Å². The highest BCUT2D eigenvalue weighted by Gasteiger charge is 2.26. The van der Waals surface area contributed by atoms with Crippen molar-refractivity contribution in [2.75, 3.05) is 5.73 Å². The SMILES string of the molecule is CC(C)n1cc(N)cc1C(=O)N[C@H]1CCCC[C@@H]1O. The number of nitrogens with zero attached hydrogens (tertiary/aromatic N) is 1. The van der Waals surface area contributed by atoms with Crippen LogP contribution in [0.25, 0.3) is 0 Å². The fourth-order valence-corrected chi connectivity index (χ4v) is 2.63. The first-order valence-corrected chi connectivity index (χ1v) is 6.95. The number of aliphatic hydroxyl groups excluding tert-OH is 1. The van der Waals surface area contributed by atoms with Crippen LogP contribution in [0.3, 0.4) is 0 Å². The van der Waals surface area contributed by atoms with E-state index in [9.17, 15) is 9.90 Å². The van der Waals surface area contributed by atoms with E-state index in [2.05, 4.69) is 5.32 Å². The predicted octanol–water partition coefficient (Wildman–Crippen LogP) is 1.68. The molecule has 5 heteroatoms. The average Bonchev–Trinajstić information content (AvgIpc) is 2.74. The summed E-state index contributed by atoms with van der Waals surface area (Å²) in [6.45, 7) is 4.01. The zero-order valence-electron chi connectivity index (χ0n) is 11.6. The summed E-state index contributed by atoms with van der Waals surface area (Å²) in [6, 6.07) is 1.72. The number of aliphatic hydroxyl groups is 1. The van der Waals surface area contributed by atoms with Crippen LogP contribution in [-0.4, -0.2) is 27.7 Å². The van der Waals surface area contributed by atoms with Crippen LogP contribution in [0.2, 0.25) is 0 Å². The summed E-state index contributed by atoms with van der Waals surface area (Å²) in [5.74, 6) is -0.156. The van der Waals surface area contributed by atoms with Crippen LogP contribution in [0.15, 0.2) is 12.3 Å². The summed E-state index contributed by atoms with van der Waals surface area (Å²) < 4.78 is 1.86. The Morgan fingerprint density at radius 2 is 2.16 bits per heavy atom. The van der Waals surface area contributed by atoms with Crippen LogP contribution < -0.4 is 11.1 Å². The largest absolute Gasteiger partial charge is 0.397 e. The third kappa shape index (κ3) is 3.10. The molecule has 1 saturated carbocycles. The minimum Gasteiger partial charge on any atom is -0.397 e. The number of nitrogen functional groups attached to an aromatic ring is 1. The molecule has 1 aromatic rings. The molecule has 1 aromatic heterocycles. The number of carbonyl (C=O) groups is 1. The Bertz CT molecular complexity index is 454. The number of aromatic nitrogens is 1. The minimum atomic E-state index is -0.433. The van der Waals surface area contributed by atoms with Gasteiger partial charge in [-0.05, 0) is 32.8 Å². The van der Waals surface area contributed by atoms with E-state index >= 15 is 0 Å². The van der Waals surface area contributed by atoms with Gasteiger partial charge in [-0.25, -0.2) is 0 Å². The number of carbonyl (C=O) groups excluding carboxylic acids is 1. The molecule has 0 unspecified atom stereocenters. The van der Waals surface area contributed by atoms with Crippen LogP contribution in [0.5, 0.6) is 0 Å². The van der Waals surface area contributed by atoms with E-state index < -0.39 is 6.10 Å². The van der Waals surface area contributed by atoms with Crippen LogP contribution in [0.4, 0.5) is 5.69 Å². The molecular formula is C14H23N3O2. The molecule has 2 atom stereocenters. The number of nitrogens with one attached hydrogen (secondary N) is 1. The monoisotopic (exact) mass is 265 g/mol. The number of amides is 1. The zero-order valence-corrected chi connectivity index (χ0v) is 11.6. The standard InChI is InChI=1S/C14H23N3O2/c1-9(2)17-8-10(15)7-12(17)14(19)16-11-5-3-4-6-13(11)18/h7-9,11,13,18H,3-6,15H2,1-2H3,(H,16,19)/t11-,13-/m0/s1. The smallest absolute Gasteiger partial charge is 0.268 e. The number of hydrogen-bond acceptors (Lipinski definition) is 3. The first-order chi connectivity index (χ1) is 8.99. The van der Waals surface area contributed by atoms with Gasteiger partial charge in [0.15, 0.2) is 0 Å². The summed E-state index contributed by atoms with van der Waals surface area (Å²) in [5.41, 5.74) is 6.91. The number of hydrogen-bond donors (Lipinski definition) is 3. The molecule has 0 aliphatic heterocycles. The van der Waals surface area contributed by atoms with Gasteiger partial charge < -0.3 is 20.7 Å². The summed E-state index contributed by atoms with van der Waals surface area (Å²) >= 11 is 0. The van der Waals surface area contributed by atoms with Gasteiger partial charge in [-0.2, -0.15) is 0 Å². The summed E-state index contributed by atoms with van der Waals surface area (Å²) in [7, 11) is 0. The molecular weight excluding hydrogens is 242 g/mol. The van der Waals surface area contributed by atoms with E-state index in [4.69, 9.17) is 5.73 Å². The number of nitrogens with two attached hydrogens (primary N) is 1. The second kappa shape index (κ2) is 5.65. The maximum Gasteiger partial charge on any atom is 0.268 e. The molecule has 1 aliphatic rings. The highest BCUT2D eigenvalue weighted by atomic mass is 16.3. The van der Waals surface area contributed by atoms with Crippen molar-refractivity contribution in [1.82, 2.24) is 9.88 Å². The van der Waals surface area contributed by atoms with Gasteiger partial charge in [0.1, 0.15) is 5.69 Å². The second-order valence-electron chi connectivity index (χ2n) is 5.59. The number of rotatable bonds is 3. The molecule has 2 rings (SSSR count). The molecule has 19 heavy (non-hydrogen) atoms. The van der Waals surface area contributed by atoms with E-state index in [1.165, 1.54) is 0 Å². The molecule has 106 valence electrons. The summed E-state index contributed by atoms with van der Waals surface area (Å²) in [4.78, 5) is 12.3. The van der Waals surface area contributed by atoms with Gasteiger partial charge in [-0.1, -0.05) is 12.8 Å². The lowest BCUT2D eigenvalue weighted by atomic mass is 9.92. The van der Waals surface area contributed by atoms with Gasteiger partial charge in [0, 0.05) is 12.2 Å². The molecule has 1 aliphatic carbocycles. The van der Waals surface area contributed by atoms with Crippen molar-refractivity contribution >= 4 is 11.6 Å². The Morgan fingerprint density at radius 1 is 1.47 bits per heavy atom.